The van der Waals surface area contributed by atoms with Crippen LogP contribution in [0, 0.1) is 0 Å². The van der Waals surface area contributed by atoms with Crippen molar-refractivity contribution >= 4 is 16.8 Å². The summed E-state index contributed by atoms with van der Waals surface area (Å²) in [6.45, 7) is 3.97. The smallest absolute Gasteiger partial charge is 0.251 e. The van der Waals surface area contributed by atoms with Crippen LogP contribution in [-0.4, -0.2) is 41.4 Å². The third-order valence-corrected chi connectivity index (χ3v) is 6.40. The quantitative estimate of drug-likeness (QED) is 0.275. The maximum absolute atomic E-state index is 13.3. The fourth-order valence-corrected chi connectivity index (χ4v) is 4.45. The molecule has 6 nitrogen and oxygen atoms in total. The number of ether oxygens (including phenoxy) is 1. The Morgan fingerprint density at radius 2 is 1.81 bits per heavy atom. The highest BCUT2D eigenvalue weighted by Crippen LogP contribution is 2.19. The van der Waals surface area contributed by atoms with Gasteiger partial charge in [0.2, 0.25) is 0 Å². The van der Waals surface area contributed by atoms with Crippen LogP contribution in [0.15, 0.2) is 85.1 Å². The van der Waals surface area contributed by atoms with E-state index in [1.807, 2.05) is 72.8 Å². The van der Waals surface area contributed by atoms with Crippen LogP contribution in [0.4, 0.5) is 0 Å². The molecule has 1 heterocycles. The van der Waals surface area contributed by atoms with E-state index in [1.54, 1.807) is 7.11 Å². The topological polar surface area (TPSA) is 75.5 Å². The van der Waals surface area contributed by atoms with E-state index >= 15 is 0 Å². The van der Waals surface area contributed by atoms with E-state index in [0.29, 0.717) is 25.1 Å². The van der Waals surface area contributed by atoms with Gasteiger partial charge in [0.25, 0.3) is 5.91 Å². The van der Waals surface area contributed by atoms with E-state index in [4.69, 9.17) is 4.74 Å². The molecule has 4 aromatic rings. The van der Waals surface area contributed by atoms with Gasteiger partial charge in [0.15, 0.2) is 0 Å². The molecular formula is C30H35N3O3. The Bertz CT molecular complexity index is 1270. The number of nitrogens with one attached hydrogen (secondary N) is 2. The highest BCUT2D eigenvalue weighted by Gasteiger charge is 2.22. The number of rotatable bonds is 12. The van der Waals surface area contributed by atoms with E-state index < -0.39 is 12.1 Å². The molecule has 0 radical (unpaired) electrons. The second kappa shape index (κ2) is 12.4. The highest BCUT2D eigenvalue weighted by atomic mass is 16.5. The summed E-state index contributed by atoms with van der Waals surface area (Å²) in [7, 11) is 1.64. The summed E-state index contributed by atoms with van der Waals surface area (Å²) in [5.74, 6) is 0.611. The molecular weight excluding hydrogens is 450 g/mol. The molecule has 0 aliphatic rings. The molecule has 1 amide bonds. The van der Waals surface area contributed by atoms with Crippen LogP contribution >= 0.6 is 0 Å². The number of methoxy groups -OCH3 is 1. The first-order chi connectivity index (χ1) is 17.6. The van der Waals surface area contributed by atoms with Crippen LogP contribution in [0.1, 0.15) is 34.8 Å². The first-order valence-electron chi connectivity index (χ1n) is 12.5. The lowest BCUT2D eigenvalue weighted by Gasteiger charge is -2.25. The lowest BCUT2D eigenvalue weighted by atomic mass is 10.00. The molecule has 3 aromatic carbocycles. The molecule has 0 aliphatic heterocycles. The zero-order valence-electron chi connectivity index (χ0n) is 21.0. The Morgan fingerprint density at radius 3 is 2.58 bits per heavy atom. The summed E-state index contributed by atoms with van der Waals surface area (Å²) in [5.41, 5.74) is 3.76. The zero-order chi connectivity index (χ0) is 25.3. The molecule has 0 bridgehead atoms. The summed E-state index contributed by atoms with van der Waals surface area (Å²) >= 11 is 0. The fraction of sp³-hybridized carbons (Fsp3) is 0.300. The van der Waals surface area contributed by atoms with Crippen molar-refractivity contribution in [2.45, 2.75) is 45.0 Å². The fourth-order valence-electron chi connectivity index (χ4n) is 4.45. The van der Waals surface area contributed by atoms with Crippen molar-refractivity contribution in [3.05, 3.63) is 102 Å². The number of fused-ring (bicyclic) bond motifs is 1. The van der Waals surface area contributed by atoms with Gasteiger partial charge in [0.1, 0.15) is 5.75 Å². The van der Waals surface area contributed by atoms with Crippen LogP contribution < -0.4 is 15.4 Å². The molecule has 0 unspecified atom stereocenters. The molecule has 36 heavy (non-hydrogen) atoms. The summed E-state index contributed by atoms with van der Waals surface area (Å²) < 4.78 is 7.46. The zero-order valence-corrected chi connectivity index (χ0v) is 21.0. The van der Waals surface area contributed by atoms with Gasteiger partial charge in [-0.05, 0) is 59.7 Å². The van der Waals surface area contributed by atoms with Gasteiger partial charge in [-0.25, -0.2) is 0 Å². The molecule has 2 atom stereocenters. The van der Waals surface area contributed by atoms with E-state index in [-0.39, 0.29) is 5.91 Å². The molecule has 4 rings (SSSR count). The van der Waals surface area contributed by atoms with E-state index in [9.17, 15) is 9.90 Å². The highest BCUT2D eigenvalue weighted by molar-refractivity contribution is 5.98. The minimum absolute atomic E-state index is 0.186. The second-order valence-electron chi connectivity index (χ2n) is 9.10. The van der Waals surface area contributed by atoms with Gasteiger partial charge in [-0.1, -0.05) is 55.5 Å². The number of hydrogen-bond acceptors (Lipinski definition) is 4. The van der Waals surface area contributed by atoms with Gasteiger partial charge in [-0.2, -0.15) is 0 Å². The minimum atomic E-state index is -0.771. The van der Waals surface area contributed by atoms with Crippen molar-refractivity contribution in [3.63, 3.8) is 0 Å². The number of aryl methyl sites for hydroxylation is 1. The third kappa shape index (κ3) is 6.53. The average molecular weight is 486 g/mol. The number of aliphatic hydroxyl groups excluding tert-OH is 1. The monoisotopic (exact) mass is 485 g/mol. The van der Waals surface area contributed by atoms with Gasteiger partial charge in [0.05, 0.1) is 19.3 Å². The maximum atomic E-state index is 13.3. The lowest BCUT2D eigenvalue weighted by Crippen LogP contribution is -2.48. The Hall–Kier alpha value is -3.61. The standard InChI is InChI=1S/C30H35N3O3/c1-3-15-33-16-14-24-12-13-25(19-28(24)33)30(35)32-27(18-22-8-5-4-6-9-22)29(34)21-31-20-23-10-7-11-26(17-23)36-2/h4-14,16-17,19,27,29,31,34H,3,15,18,20-21H2,1-2H3,(H,32,35)/t27-,29-/m0/s1. The maximum Gasteiger partial charge on any atom is 0.251 e. The minimum Gasteiger partial charge on any atom is -0.497 e. The van der Waals surface area contributed by atoms with Crippen LogP contribution in [0.5, 0.6) is 5.75 Å². The van der Waals surface area contributed by atoms with Crippen LogP contribution in [0.2, 0.25) is 0 Å². The van der Waals surface area contributed by atoms with Crippen molar-refractivity contribution in [3.8, 4) is 5.75 Å². The van der Waals surface area contributed by atoms with E-state index in [2.05, 4.69) is 34.4 Å². The molecule has 0 fully saturated rings. The van der Waals surface area contributed by atoms with Crippen molar-refractivity contribution in [1.29, 1.82) is 0 Å². The first kappa shape index (κ1) is 25.5. The molecule has 0 aliphatic carbocycles. The molecule has 0 saturated heterocycles. The summed E-state index contributed by atoms with van der Waals surface area (Å²) in [5, 5.41) is 18.6. The first-order valence-corrected chi connectivity index (χ1v) is 12.5. The molecule has 1 aromatic heterocycles. The molecule has 0 saturated carbocycles. The van der Waals surface area contributed by atoms with Gasteiger partial charge < -0.3 is 25.0 Å². The Kier molecular flexibility index (Phi) is 8.76. The number of aliphatic hydroxyl groups is 1. The number of benzene rings is 3. The Labute approximate surface area is 212 Å². The summed E-state index contributed by atoms with van der Waals surface area (Å²) in [6, 6.07) is 25.1. The lowest BCUT2D eigenvalue weighted by molar-refractivity contribution is 0.0830. The van der Waals surface area contributed by atoms with Gasteiger partial charge in [-0.15, -0.1) is 0 Å². The number of carbonyl (C=O) groups is 1. The van der Waals surface area contributed by atoms with E-state index in [1.165, 1.54) is 0 Å². The van der Waals surface area contributed by atoms with Crippen molar-refractivity contribution in [1.82, 2.24) is 15.2 Å². The van der Waals surface area contributed by atoms with E-state index in [0.717, 1.165) is 40.7 Å². The number of carbonyl (C=O) groups excluding carboxylic acids is 1. The van der Waals surface area contributed by atoms with Crippen molar-refractivity contribution in [2.75, 3.05) is 13.7 Å². The number of aromatic nitrogens is 1. The largest absolute Gasteiger partial charge is 0.497 e. The normalized spacial score (nSPS) is 12.9. The van der Waals surface area contributed by atoms with Crippen molar-refractivity contribution in [2.24, 2.45) is 0 Å². The second-order valence-corrected chi connectivity index (χ2v) is 9.10. The molecule has 6 heteroatoms. The van der Waals surface area contributed by atoms with Crippen LogP contribution in [-0.2, 0) is 19.5 Å². The average Bonchev–Trinajstić information content (AvgIpc) is 3.31. The van der Waals surface area contributed by atoms with Crippen molar-refractivity contribution < 1.29 is 14.6 Å². The Morgan fingerprint density at radius 1 is 1.00 bits per heavy atom. The molecule has 3 N–H and O–H groups in total. The third-order valence-electron chi connectivity index (χ3n) is 6.40. The number of hydrogen-bond donors (Lipinski definition) is 3. The Balaban J connectivity index is 1.46. The predicted octanol–water partition coefficient (Wildman–Crippen LogP) is 4.55. The molecule has 188 valence electrons. The van der Waals surface area contributed by atoms with Gasteiger partial charge in [0, 0.05) is 36.9 Å². The summed E-state index contributed by atoms with van der Waals surface area (Å²) in [4.78, 5) is 13.3. The SMILES string of the molecule is CCCn1ccc2ccc(C(=O)N[C@@H](Cc3ccccc3)[C@@H](O)CNCc3cccc(OC)c3)cc21. The summed E-state index contributed by atoms with van der Waals surface area (Å²) in [6.07, 6.45) is 2.84. The van der Waals surface area contributed by atoms with Gasteiger partial charge >= 0.3 is 0 Å². The van der Waals surface area contributed by atoms with Crippen LogP contribution in [0.3, 0.4) is 0 Å². The number of nitrogens with zero attached hydrogens (tertiary/aromatic N) is 1. The molecule has 0 spiro atoms. The van der Waals surface area contributed by atoms with Crippen LogP contribution in [0.25, 0.3) is 10.9 Å². The van der Waals surface area contributed by atoms with Gasteiger partial charge in [-0.3, -0.25) is 4.79 Å². The predicted molar refractivity (Wildman–Crippen MR) is 144 cm³/mol. The number of amides is 1.